The van der Waals surface area contributed by atoms with Crippen LogP contribution in [-0.2, 0) is 17.8 Å². The molecule has 2 amide bonds. The van der Waals surface area contributed by atoms with E-state index in [1.165, 1.54) is 22.3 Å². The molecule has 136 valence electrons. The van der Waals surface area contributed by atoms with Crippen molar-refractivity contribution in [3.63, 3.8) is 0 Å². The zero-order chi connectivity index (χ0) is 17.9. The predicted molar refractivity (Wildman–Crippen MR) is 95.7 cm³/mol. The van der Waals surface area contributed by atoms with Crippen LogP contribution in [0.15, 0.2) is 47.1 Å². The summed E-state index contributed by atoms with van der Waals surface area (Å²) in [6.45, 7) is 4.75. The number of carbonyl (C=O) groups is 2. The first-order chi connectivity index (χ1) is 12.7. The molecule has 0 aliphatic carbocycles. The third kappa shape index (κ3) is 3.51. The van der Waals surface area contributed by atoms with Gasteiger partial charge in [-0.2, -0.15) is 0 Å². The molecule has 1 atom stereocenters. The van der Waals surface area contributed by atoms with Crippen LogP contribution in [-0.4, -0.2) is 60.9 Å². The molecule has 0 bridgehead atoms. The molecule has 4 rings (SSSR count). The molecule has 1 unspecified atom stereocenters. The van der Waals surface area contributed by atoms with E-state index in [4.69, 9.17) is 4.42 Å². The number of quaternary nitrogens is 1. The minimum absolute atomic E-state index is 0.0969. The monoisotopic (exact) mass is 354 g/mol. The van der Waals surface area contributed by atoms with Gasteiger partial charge in [-0.1, -0.05) is 24.3 Å². The van der Waals surface area contributed by atoms with Crippen LogP contribution in [0, 0.1) is 0 Å². The van der Waals surface area contributed by atoms with E-state index in [1.807, 2.05) is 4.90 Å². The number of hydrogen-bond donors (Lipinski definition) is 1. The van der Waals surface area contributed by atoms with Crippen molar-refractivity contribution < 1.29 is 18.9 Å². The van der Waals surface area contributed by atoms with Crippen molar-refractivity contribution in [2.45, 2.75) is 13.0 Å². The highest BCUT2D eigenvalue weighted by molar-refractivity contribution is 5.91. The smallest absolute Gasteiger partial charge is 0.289 e. The normalized spacial score (nSPS) is 19.9. The number of carbonyl (C=O) groups excluding carboxylic acids is 2. The van der Waals surface area contributed by atoms with Crippen molar-refractivity contribution in [1.82, 2.24) is 9.80 Å². The van der Waals surface area contributed by atoms with Gasteiger partial charge in [-0.25, -0.2) is 0 Å². The Morgan fingerprint density at radius 1 is 0.962 bits per heavy atom. The number of rotatable bonds is 3. The van der Waals surface area contributed by atoms with Gasteiger partial charge in [0.1, 0.15) is 6.54 Å². The molecule has 1 N–H and O–H groups in total. The number of nitrogens with one attached hydrogen (secondary N) is 1. The van der Waals surface area contributed by atoms with Crippen molar-refractivity contribution in [1.29, 1.82) is 0 Å². The number of furan rings is 1. The number of hydrogen-bond acceptors (Lipinski definition) is 3. The summed E-state index contributed by atoms with van der Waals surface area (Å²) >= 11 is 0. The third-order valence-corrected chi connectivity index (χ3v) is 5.36. The lowest BCUT2D eigenvalue weighted by Crippen LogP contribution is -3.12. The molecule has 1 fully saturated rings. The van der Waals surface area contributed by atoms with E-state index in [0.29, 0.717) is 38.5 Å². The average molecular weight is 354 g/mol. The lowest BCUT2D eigenvalue weighted by Gasteiger charge is -2.35. The van der Waals surface area contributed by atoms with Crippen LogP contribution in [0.25, 0.3) is 0 Å². The van der Waals surface area contributed by atoms with Crippen molar-refractivity contribution >= 4 is 11.8 Å². The number of amides is 2. The molecule has 0 saturated carbocycles. The molecule has 2 aromatic rings. The lowest BCUT2D eigenvalue weighted by atomic mass is 10.00. The molecule has 3 heterocycles. The van der Waals surface area contributed by atoms with Gasteiger partial charge < -0.3 is 19.1 Å². The summed E-state index contributed by atoms with van der Waals surface area (Å²) in [5.41, 5.74) is 2.77. The maximum Gasteiger partial charge on any atom is 0.289 e. The second kappa shape index (κ2) is 7.33. The van der Waals surface area contributed by atoms with Gasteiger partial charge in [-0.3, -0.25) is 9.59 Å². The molecule has 26 heavy (non-hydrogen) atoms. The summed E-state index contributed by atoms with van der Waals surface area (Å²) < 4.78 is 5.18. The Kier molecular flexibility index (Phi) is 4.75. The standard InChI is InChI=1S/C20H23N3O3/c24-19(15-21-8-7-16-4-1-2-5-17(16)14-21)22-9-11-23(12-10-22)20(25)18-6-3-13-26-18/h1-6,13H,7-12,14-15H2/p+1. The number of piperazine rings is 1. The summed E-state index contributed by atoms with van der Waals surface area (Å²) in [5, 5.41) is 0. The van der Waals surface area contributed by atoms with Gasteiger partial charge in [0.05, 0.1) is 12.8 Å². The number of fused-ring (bicyclic) bond motifs is 1. The Morgan fingerprint density at radius 3 is 2.42 bits per heavy atom. The molecule has 0 spiro atoms. The summed E-state index contributed by atoms with van der Waals surface area (Å²) in [6, 6.07) is 11.9. The Morgan fingerprint density at radius 2 is 1.69 bits per heavy atom. The van der Waals surface area contributed by atoms with Gasteiger partial charge in [0.2, 0.25) is 0 Å². The van der Waals surface area contributed by atoms with Crippen LogP contribution in [0.2, 0.25) is 0 Å². The van der Waals surface area contributed by atoms with Crippen LogP contribution in [0.5, 0.6) is 0 Å². The minimum atomic E-state index is -0.0969. The van der Waals surface area contributed by atoms with Gasteiger partial charge in [0, 0.05) is 38.2 Å². The highest BCUT2D eigenvalue weighted by Gasteiger charge is 2.29. The van der Waals surface area contributed by atoms with Crippen molar-refractivity contribution in [3.05, 3.63) is 59.5 Å². The Labute approximate surface area is 153 Å². The number of nitrogens with zero attached hydrogens (tertiary/aromatic N) is 2. The van der Waals surface area contributed by atoms with Gasteiger partial charge in [0.15, 0.2) is 12.3 Å². The summed E-state index contributed by atoms with van der Waals surface area (Å²) in [5.74, 6) is 0.450. The lowest BCUT2D eigenvalue weighted by molar-refractivity contribution is -0.908. The quantitative estimate of drug-likeness (QED) is 0.857. The molecule has 1 saturated heterocycles. The first-order valence-electron chi connectivity index (χ1n) is 9.21. The van der Waals surface area contributed by atoms with Crippen molar-refractivity contribution in [2.24, 2.45) is 0 Å². The zero-order valence-electron chi connectivity index (χ0n) is 14.8. The van der Waals surface area contributed by atoms with Crippen LogP contribution in [0.4, 0.5) is 0 Å². The Bertz CT molecular complexity index is 779. The van der Waals surface area contributed by atoms with Crippen LogP contribution >= 0.6 is 0 Å². The molecule has 2 aliphatic rings. The predicted octanol–water partition coefficient (Wildman–Crippen LogP) is 0.205. The van der Waals surface area contributed by atoms with Crippen molar-refractivity contribution in [2.75, 3.05) is 39.3 Å². The fourth-order valence-corrected chi connectivity index (χ4v) is 3.83. The summed E-state index contributed by atoms with van der Waals surface area (Å²) in [4.78, 5) is 29.9. The highest BCUT2D eigenvalue weighted by Crippen LogP contribution is 2.11. The molecule has 2 aliphatic heterocycles. The third-order valence-electron chi connectivity index (χ3n) is 5.36. The first kappa shape index (κ1) is 16.8. The van der Waals surface area contributed by atoms with Gasteiger partial charge >= 0.3 is 0 Å². The molecule has 6 nitrogen and oxygen atoms in total. The van der Waals surface area contributed by atoms with E-state index in [9.17, 15) is 9.59 Å². The maximum absolute atomic E-state index is 12.7. The Balaban J connectivity index is 1.28. The highest BCUT2D eigenvalue weighted by atomic mass is 16.3. The zero-order valence-corrected chi connectivity index (χ0v) is 14.8. The van der Waals surface area contributed by atoms with Gasteiger partial charge in [0.25, 0.3) is 11.8 Å². The Hall–Kier alpha value is -2.60. The first-order valence-corrected chi connectivity index (χ1v) is 9.21. The van der Waals surface area contributed by atoms with E-state index in [-0.39, 0.29) is 11.8 Å². The molecular weight excluding hydrogens is 330 g/mol. The average Bonchev–Trinajstić information content (AvgIpc) is 3.22. The van der Waals surface area contributed by atoms with E-state index < -0.39 is 0 Å². The van der Waals surface area contributed by atoms with Gasteiger partial charge in [-0.05, 0) is 17.7 Å². The van der Waals surface area contributed by atoms with Crippen molar-refractivity contribution in [3.8, 4) is 0 Å². The molecule has 1 aromatic heterocycles. The fraction of sp³-hybridized carbons (Fsp3) is 0.400. The van der Waals surface area contributed by atoms with Gasteiger partial charge in [-0.15, -0.1) is 0 Å². The van der Waals surface area contributed by atoms with E-state index in [2.05, 4.69) is 24.3 Å². The topological polar surface area (TPSA) is 58.2 Å². The second-order valence-corrected chi connectivity index (χ2v) is 7.02. The molecule has 6 heteroatoms. The van der Waals surface area contributed by atoms with Crippen LogP contribution in [0.3, 0.4) is 0 Å². The van der Waals surface area contributed by atoms with Crippen LogP contribution in [0.1, 0.15) is 21.7 Å². The summed E-state index contributed by atoms with van der Waals surface area (Å²) in [6.07, 6.45) is 2.54. The van der Waals surface area contributed by atoms with E-state index >= 15 is 0 Å². The van der Waals surface area contributed by atoms with E-state index in [1.54, 1.807) is 17.0 Å². The van der Waals surface area contributed by atoms with Crippen LogP contribution < -0.4 is 4.90 Å². The maximum atomic E-state index is 12.7. The minimum Gasteiger partial charge on any atom is -0.459 e. The second-order valence-electron chi connectivity index (χ2n) is 7.02. The molecule has 0 radical (unpaired) electrons. The van der Waals surface area contributed by atoms with E-state index in [0.717, 1.165) is 19.5 Å². The molecule has 1 aromatic carbocycles. The number of benzene rings is 1. The SMILES string of the molecule is O=C(C[NH+]1CCc2ccccc2C1)N1CCN(C(=O)c2ccco2)CC1. The largest absolute Gasteiger partial charge is 0.459 e. The molecular formula is C20H24N3O3+. The fourth-order valence-electron chi connectivity index (χ4n) is 3.83. The summed E-state index contributed by atoms with van der Waals surface area (Å²) in [7, 11) is 0.